The van der Waals surface area contributed by atoms with Crippen LogP contribution in [0.4, 0.5) is 0 Å². The van der Waals surface area contributed by atoms with E-state index in [1.807, 2.05) is 55.5 Å². The minimum absolute atomic E-state index is 0.311. The lowest BCUT2D eigenvalue weighted by atomic mass is 9.99. The Morgan fingerprint density at radius 2 is 1.83 bits per heavy atom. The molecule has 0 aliphatic carbocycles. The maximum Gasteiger partial charge on any atom is 0.232 e. The second kappa shape index (κ2) is 6.29. The van der Waals surface area contributed by atoms with Crippen LogP contribution < -0.4 is 4.74 Å². The molecule has 2 aromatic heterocycles. The first kappa shape index (κ1) is 14.7. The summed E-state index contributed by atoms with van der Waals surface area (Å²) < 4.78 is 5.32. The van der Waals surface area contributed by atoms with E-state index in [0.29, 0.717) is 17.1 Å². The molecular formula is C19H15N3O. The van der Waals surface area contributed by atoms with Crippen molar-refractivity contribution in [3.8, 4) is 34.5 Å². The third-order valence-electron chi connectivity index (χ3n) is 3.58. The number of hydrogen-bond donors (Lipinski definition) is 0. The highest BCUT2D eigenvalue weighted by molar-refractivity contribution is 5.77. The molecule has 0 aliphatic rings. The largest absolute Gasteiger partial charge is 0.480 e. The molecule has 0 aliphatic heterocycles. The zero-order valence-corrected chi connectivity index (χ0v) is 12.9. The van der Waals surface area contributed by atoms with Crippen LogP contribution >= 0.6 is 0 Å². The van der Waals surface area contributed by atoms with Crippen molar-refractivity contribution in [1.29, 1.82) is 5.26 Å². The average Bonchev–Trinajstić information content (AvgIpc) is 2.62. The Kier molecular flexibility index (Phi) is 4.03. The van der Waals surface area contributed by atoms with Gasteiger partial charge < -0.3 is 4.74 Å². The van der Waals surface area contributed by atoms with E-state index >= 15 is 0 Å². The summed E-state index contributed by atoms with van der Waals surface area (Å²) in [4.78, 5) is 8.76. The number of benzene rings is 1. The van der Waals surface area contributed by atoms with Crippen LogP contribution in [0, 0.1) is 18.3 Å². The molecule has 0 spiro atoms. The van der Waals surface area contributed by atoms with Gasteiger partial charge in [-0.3, -0.25) is 4.98 Å². The van der Waals surface area contributed by atoms with Gasteiger partial charge in [0.15, 0.2) is 0 Å². The number of methoxy groups -OCH3 is 1. The molecular weight excluding hydrogens is 286 g/mol. The highest BCUT2D eigenvalue weighted by atomic mass is 16.5. The highest BCUT2D eigenvalue weighted by Gasteiger charge is 2.16. The predicted molar refractivity (Wildman–Crippen MR) is 88.9 cm³/mol. The summed E-state index contributed by atoms with van der Waals surface area (Å²) >= 11 is 0. The Labute approximate surface area is 135 Å². The van der Waals surface area contributed by atoms with Crippen LogP contribution in [0.25, 0.3) is 22.5 Å². The zero-order chi connectivity index (χ0) is 16.2. The molecule has 0 saturated carbocycles. The summed E-state index contributed by atoms with van der Waals surface area (Å²) in [5, 5.41) is 9.52. The Balaban J connectivity index is 2.25. The van der Waals surface area contributed by atoms with Crippen molar-refractivity contribution in [1.82, 2.24) is 9.97 Å². The Bertz CT molecular complexity index is 866. The lowest BCUT2D eigenvalue weighted by molar-refractivity contribution is 0.397. The van der Waals surface area contributed by atoms with Crippen LogP contribution in [0.15, 0.2) is 54.7 Å². The Morgan fingerprint density at radius 1 is 1.04 bits per heavy atom. The minimum Gasteiger partial charge on any atom is -0.480 e. The van der Waals surface area contributed by atoms with E-state index in [0.717, 1.165) is 16.8 Å². The summed E-state index contributed by atoms with van der Waals surface area (Å²) in [5.41, 5.74) is 4.75. The van der Waals surface area contributed by atoms with E-state index in [2.05, 4.69) is 16.0 Å². The molecule has 23 heavy (non-hydrogen) atoms. The quantitative estimate of drug-likeness (QED) is 0.733. The number of pyridine rings is 2. The number of nitriles is 1. The van der Waals surface area contributed by atoms with Gasteiger partial charge in [0.25, 0.3) is 0 Å². The van der Waals surface area contributed by atoms with Gasteiger partial charge in [-0.2, -0.15) is 5.26 Å². The summed E-state index contributed by atoms with van der Waals surface area (Å²) in [6, 6.07) is 17.7. The van der Waals surface area contributed by atoms with Gasteiger partial charge in [-0.1, -0.05) is 35.9 Å². The smallest absolute Gasteiger partial charge is 0.232 e. The molecule has 112 valence electrons. The minimum atomic E-state index is 0.311. The van der Waals surface area contributed by atoms with E-state index < -0.39 is 0 Å². The van der Waals surface area contributed by atoms with Crippen molar-refractivity contribution in [3.63, 3.8) is 0 Å². The first-order valence-electron chi connectivity index (χ1n) is 7.20. The lowest BCUT2D eigenvalue weighted by Gasteiger charge is -2.11. The maximum absolute atomic E-state index is 9.52. The highest BCUT2D eigenvalue weighted by Crippen LogP contribution is 2.32. The maximum atomic E-state index is 9.52. The zero-order valence-electron chi connectivity index (χ0n) is 12.9. The van der Waals surface area contributed by atoms with Gasteiger partial charge in [-0.05, 0) is 30.7 Å². The Morgan fingerprint density at radius 3 is 2.43 bits per heavy atom. The van der Waals surface area contributed by atoms with E-state index in [1.54, 1.807) is 6.20 Å². The van der Waals surface area contributed by atoms with Gasteiger partial charge in [-0.25, -0.2) is 4.98 Å². The molecule has 1 aromatic carbocycles. The number of nitrogens with zero attached hydrogens (tertiary/aromatic N) is 3. The second-order valence-corrected chi connectivity index (χ2v) is 5.13. The molecule has 0 unspecified atom stereocenters. The lowest BCUT2D eigenvalue weighted by Crippen LogP contribution is -1.98. The molecule has 3 aromatic rings. The standard InChI is InChI=1S/C19H15N3O/c1-13-6-8-14(9-7-13)15-11-18(17-5-3-4-10-21-17)22-19(23-2)16(15)12-20/h3-11H,1-2H3. The van der Waals surface area contributed by atoms with Gasteiger partial charge >= 0.3 is 0 Å². The molecule has 0 fully saturated rings. The van der Waals surface area contributed by atoms with Crippen molar-refractivity contribution in [2.24, 2.45) is 0 Å². The molecule has 0 bridgehead atoms. The summed E-state index contributed by atoms with van der Waals surface area (Å²) in [6.45, 7) is 2.03. The summed E-state index contributed by atoms with van der Waals surface area (Å²) in [5.74, 6) is 0.311. The first-order chi connectivity index (χ1) is 11.2. The van der Waals surface area contributed by atoms with Crippen LogP contribution in [0.5, 0.6) is 5.88 Å². The van der Waals surface area contributed by atoms with Gasteiger partial charge in [0.05, 0.1) is 18.5 Å². The SMILES string of the molecule is COc1nc(-c2ccccn2)cc(-c2ccc(C)cc2)c1C#N. The number of rotatable bonds is 3. The molecule has 0 saturated heterocycles. The fourth-order valence-corrected chi connectivity index (χ4v) is 2.38. The fraction of sp³-hybridized carbons (Fsp3) is 0.105. The molecule has 4 nitrogen and oxygen atoms in total. The predicted octanol–water partition coefficient (Wildman–Crippen LogP) is 4.00. The second-order valence-electron chi connectivity index (χ2n) is 5.13. The van der Waals surface area contributed by atoms with E-state index in [1.165, 1.54) is 12.7 Å². The molecule has 4 heteroatoms. The van der Waals surface area contributed by atoms with Crippen LogP contribution in [-0.2, 0) is 0 Å². The number of aryl methyl sites for hydroxylation is 1. The van der Waals surface area contributed by atoms with Crippen LogP contribution in [0.2, 0.25) is 0 Å². The fourth-order valence-electron chi connectivity index (χ4n) is 2.38. The number of ether oxygens (including phenoxy) is 1. The van der Waals surface area contributed by atoms with Crippen molar-refractivity contribution in [3.05, 3.63) is 65.9 Å². The van der Waals surface area contributed by atoms with Gasteiger partial charge in [-0.15, -0.1) is 0 Å². The first-order valence-corrected chi connectivity index (χ1v) is 7.20. The average molecular weight is 301 g/mol. The number of aromatic nitrogens is 2. The molecule has 3 rings (SSSR count). The van der Waals surface area contributed by atoms with Crippen molar-refractivity contribution in [2.75, 3.05) is 7.11 Å². The third kappa shape index (κ3) is 2.90. The summed E-state index contributed by atoms with van der Waals surface area (Å²) in [7, 11) is 1.52. The molecule has 0 radical (unpaired) electrons. The van der Waals surface area contributed by atoms with Crippen molar-refractivity contribution >= 4 is 0 Å². The van der Waals surface area contributed by atoms with E-state index in [4.69, 9.17) is 4.74 Å². The Hall–Kier alpha value is -3.19. The topological polar surface area (TPSA) is 58.8 Å². The van der Waals surface area contributed by atoms with E-state index in [9.17, 15) is 5.26 Å². The molecule has 2 heterocycles. The third-order valence-corrected chi connectivity index (χ3v) is 3.58. The summed E-state index contributed by atoms with van der Waals surface area (Å²) in [6.07, 6.45) is 1.72. The number of hydrogen-bond acceptors (Lipinski definition) is 4. The molecule has 0 amide bonds. The van der Waals surface area contributed by atoms with Gasteiger partial charge in [0.2, 0.25) is 5.88 Å². The van der Waals surface area contributed by atoms with Crippen LogP contribution in [-0.4, -0.2) is 17.1 Å². The van der Waals surface area contributed by atoms with Gasteiger partial charge in [0.1, 0.15) is 11.6 Å². The van der Waals surface area contributed by atoms with Crippen LogP contribution in [0.3, 0.4) is 0 Å². The molecule has 0 atom stereocenters. The van der Waals surface area contributed by atoms with Crippen molar-refractivity contribution in [2.45, 2.75) is 6.92 Å². The van der Waals surface area contributed by atoms with Crippen molar-refractivity contribution < 1.29 is 4.74 Å². The monoisotopic (exact) mass is 301 g/mol. The molecule has 0 N–H and O–H groups in total. The van der Waals surface area contributed by atoms with Gasteiger partial charge in [0, 0.05) is 11.8 Å². The van der Waals surface area contributed by atoms with E-state index in [-0.39, 0.29) is 0 Å². The van der Waals surface area contributed by atoms with Crippen LogP contribution in [0.1, 0.15) is 11.1 Å². The normalized spacial score (nSPS) is 10.1.